The molecule has 0 saturated heterocycles. The molecule has 0 atom stereocenters. The van der Waals surface area contributed by atoms with Gasteiger partial charge in [0.1, 0.15) is 0 Å². The molecule has 264 valence electrons. The van der Waals surface area contributed by atoms with Gasteiger partial charge in [0, 0.05) is 41.1 Å². The lowest BCUT2D eigenvalue weighted by Gasteiger charge is -2.26. The molecule has 1 aliphatic carbocycles. The van der Waals surface area contributed by atoms with Crippen LogP contribution in [-0.4, -0.2) is 29.7 Å². The van der Waals surface area contributed by atoms with Crippen molar-refractivity contribution in [1.82, 2.24) is 10.4 Å². The van der Waals surface area contributed by atoms with Crippen LogP contribution in [0.4, 0.5) is 0 Å². The minimum atomic E-state index is 0.0193. The van der Waals surface area contributed by atoms with Crippen LogP contribution in [0.25, 0.3) is 0 Å². The monoisotopic (exact) mass is 639 g/mol. The normalized spacial score (nSPS) is 14.2. The van der Waals surface area contributed by atoms with Crippen molar-refractivity contribution in [3.63, 3.8) is 0 Å². The second-order valence-corrected chi connectivity index (χ2v) is 14.2. The van der Waals surface area contributed by atoms with Gasteiger partial charge in [-0.1, -0.05) is 89.5 Å². The number of carbonyl (C=O) groups excluding carboxylic acids is 2. The van der Waals surface area contributed by atoms with Crippen LogP contribution in [0.3, 0.4) is 0 Å². The van der Waals surface area contributed by atoms with E-state index in [1.165, 1.54) is 34.3 Å². The van der Waals surface area contributed by atoms with Gasteiger partial charge in [0.15, 0.2) is 11.6 Å². The van der Waals surface area contributed by atoms with Gasteiger partial charge in [-0.2, -0.15) is 0 Å². The third kappa shape index (κ3) is 16.7. The molecule has 0 aromatic carbocycles. The summed E-state index contributed by atoms with van der Waals surface area (Å²) in [7, 11) is 1.99. The summed E-state index contributed by atoms with van der Waals surface area (Å²) in [5.74, 6) is 1.55. The zero-order valence-corrected chi connectivity index (χ0v) is 34.2. The van der Waals surface area contributed by atoms with Crippen molar-refractivity contribution >= 4 is 11.6 Å². The molecule has 0 bridgehead atoms. The van der Waals surface area contributed by atoms with E-state index in [9.17, 15) is 9.59 Å². The van der Waals surface area contributed by atoms with Crippen LogP contribution in [0.2, 0.25) is 0 Å². The smallest absolute Gasteiger partial charge is 0.185 e. The Labute approximate surface area is 286 Å². The lowest BCUT2D eigenvalue weighted by atomic mass is 9.81. The van der Waals surface area contributed by atoms with Gasteiger partial charge >= 0.3 is 0 Å². The summed E-state index contributed by atoms with van der Waals surface area (Å²) in [6.45, 7) is 49.5. The number of nitrogens with zero attached hydrogens (tertiary/aromatic N) is 1. The van der Waals surface area contributed by atoms with Crippen molar-refractivity contribution in [2.45, 2.75) is 151 Å². The molecular formula is C42H74N2O2. The Balaban J connectivity index is -0.000000545. The molecule has 0 aromatic rings. The number of hydrogen-bond acceptors (Lipinski definition) is 4. The van der Waals surface area contributed by atoms with Crippen LogP contribution in [0, 0.1) is 17.8 Å². The number of allylic oxidation sites excluding steroid dienone is 11. The molecule has 46 heavy (non-hydrogen) atoms. The molecule has 0 spiro atoms. The number of rotatable bonds is 9. The number of hydrogen-bond donors (Lipinski definition) is 1. The summed E-state index contributed by atoms with van der Waals surface area (Å²) in [6.07, 6.45) is 1.20. The van der Waals surface area contributed by atoms with E-state index in [1.54, 1.807) is 31.9 Å². The average molecular weight is 639 g/mol. The van der Waals surface area contributed by atoms with E-state index in [1.807, 2.05) is 25.9 Å². The maximum Gasteiger partial charge on any atom is 0.185 e. The zero-order valence-electron chi connectivity index (χ0n) is 34.2. The van der Waals surface area contributed by atoms with E-state index in [4.69, 9.17) is 0 Å². The van der Waals surface area contributed by atoms with E-state index in [0.29, 0.717) is 34.3 Å². The maximum absolute atomic E-state index is 11.9. The fourth-order valence-corrected chi connectivity index (χ4v) is 4.36. The van der Waals surface area contributed by atoms with Gasteiger partial charge in [-0.25, -0.2) is 5.43 Å². The Morgan fingerprint density at radius 2 is 1.09 bits per heavy atom. The highest BCUT2D eigenvalue weighted by atomic mass is 16.1. The average Bonchev–Trinajstić information content (AvgIpc) is 2.96. The number of Topliss-reactive ketones (excluding diaryl/α,β-unsaturated/α-hetero) is 2. The van der Waals surface area contributed by atoms with E-state index < -0.39 is 0 Å². The Bertz CT molecular complexity index is 1220. The van der Waals surface area contributed by atoms with Crippen molar-refractivity contribution < 1.29 is 9.59 Å². The van der Waals surface area contributed by atoms with Gasteiger partial charge in [0.25, 0.3) is 0 Å². The first kappa shape index (κ1) is 47.7. The van der Waals surface area contributed by atoms with Crippen molar-refractivity contribution in [2.75, 3.05) is 7.05 Å². The van der Waals surface area contributed by atoms with Crippen LogP contribution in [0.5, 0.6) is 0 Å². The highest BCUT2D eigenvalue weighted by Gasteiger charge is 2.28. The van der Waals surface area contributed by atoms with Crippen LogP contribution >= 0.6 is 0 Å². The minimum Gasteiger partial charge on any atom is -0.312 e. The fourth-order valence-electron chi connectivity index (χ4n) is 4.36. The quantitative estimate of drug-likeness (QED) is 0.118. The molecule has 4 nitrogen and oxygen atoms in total. The molecule has 1 N–H and O–H groups in total. The molecule has 0 saturated carbocycles. The number of nitrogens with one attached hydrogen (secondary N) is 1. The van der Waals surface area contributed by atoms with Crippen LogP contribution in [-0.2, 0) is 9.59 Å². The van der Waals surface area contributed by atoms with E-state index in [-0.39, 0.29) is 17.5 Å². The first-order valence-electron chi connectivity index (χ1n) is 17.1. The van der Waals surface area contributed by atoms with Crippen molar-refractivity contribution in [3.8, 4) is 0 Å². The van der Waals surface area contributed by atoms with Crippen molar-refractivity contribution in [3.05, 3.63) is 80.2 Å². The molecule has 0 radical (unpaired) electrons. The predicted molar refractivity (Wildman–Crippen MR) is 207 cm³/mol. The summed E-state index contributed by atoms with van der Waals surface area (Å²) in [5.41, 5.74) is 16.5. The summed E-state index contributed by atoms with van der Waals surface area (Å²) in [5, 5.41) is 1.98. The first-order chi connectivity index (χ1) is 20.8. The van der Waals surface area contributed by atoms with Gasteiger partial charge < -0.3 is 5.01 Å². The molecule has 0 aliphatic heterocycles. The minimum absolute atomic E-state index is 0.0193. The van der Waals surface area contributed by atoms with Gasteiger partial charge in [0.2, 0.25) is 0 Å². The second-order valence-electron chi connectivity index (χ2n) is 14.2. The SMILES string of the molecule is C=C(C(C)=C(C)C)N(C)NC(C)C.C=C(C)/C(C)=C(\C)C(C)C.CC/C(C)=C(\C)C(C)C.CC1=C(C)C(=O)C(C(C)C)=C(C)C1=O. The molecule has 1 rings (SSSR count). The van der Waals surface area contributed by atoms with Gasteiger partial charge in [-0.15, -0.1) is 0 Å². The lowest BCUT2D eigenvalue weighted by molar-refractivity contribution is -0.116. The Morgan fingerprint density at radius 3 is 1.35 bits per heavy atom. The van der Waals surface area contributed by atoms with E-state index in [2.05, 4.69) is 122 Å². The first-order valence-corrected chi connectivity index (χ1v) is 17.1. The molecule has 0 unspecified atom stereocenters. The van der Waals surface area contributed by atoms with Crippen LogP contribution < -0.4 is 5.43 Å². The maximum atomic E-state index is 11.9. The van der Waals surface area contributed by atoms with E-state index in [0.717, 1.165) is 11.6 Å². The molecular weight excluding hydrogens is 564 g/mol. The zero-order chi connectivity index (χ0) is 37.4. The van der Waals surface area contributed by atoms with Crippen LogP contribution in [0.15, 0.2) is 80.2 Å². The molecule has 0 aromatic heterocycles. The molecule has 1 aliphatic rings. The highest BCUT2D eigenvalue weighted by molar-refractivity contribution is 6.24. The molecule has 4 heteroatoms. The van der Waals surface area contributed by atoms with Crippen molar-refractivity contribution in [1.29, 1.82) is 0 Å². The topological polar surface area (TPSA) is 49.4 Å². The standard InChI is InChI=1S/C12H16O2.C11H22N2.C10H18.C9H18/c1-6(2)10-9(5)11(13)7(3)8(4)12(10)14;1-8(2)10(5)11(6)13(7)12-9(3)4;1-7(2)9(5)10(6)8(3)4;1-6-8(4)9(5)7(2)3/h6H,1-5H3;9,12H,6H2,1-5,7H3;8H,1H2,2-6H3;7H,6H2,1-5H3/b;;10-9+;9-8+. The number of carbonyl (C=O) groups is 2. The van der Waals surface area contributed by atoms with E-state index >= 15 is 0 Å². The second kappa shape index (κ2) is 22.7. The third-order valence-corrected chi connectivity index (χ3v) is 9.02. The summed E-state index contributed by atoms with van der Waals surface area (Å²) < 4.78 is 0. The summed E-state index contributed by atoms with van der Waals surface area (Å²) in [4.78, 5) is 23.6. The largest absolute Gasteiger partial charge is 0.312 e. The number of hydrazine groups is 1. The number of ketones is 2. The van der Waals surface area contributed by atoms with Gasteiger partial charge in [0.05, 0.1) is 0 Å². The van der Waals surface area contributed by atoms with Crippen LogP contribution in [0.1, 0.15) is 145 Å². The number of likely N-dealkylation sites (N-methyl/N-ethyl adjacent to an activating group) is 1. The van der Waals surface area contributed by atoms with Crippen molar-refractivity contribution in [2.24, 2.45) is 17.8 Å². The molecule has 0 fully saturated rings. The highest BCUT2D eigenvalue weighted by Crippen LogP contribution is 2.28. The van der Waals surface area contributed by atoms with Gasteiger partial charge in [-0.05, 0) is 125 Å². The molecule has 0 heterocycles. The summed E-state index contributed by atoms with van der Waals surface area (Å²) in [6, 6.07) is 0.437. The molecule has 0 amide bonds. The Kier molecular flexibility index (Phi) is 23.6. The predicted octanol–water partition coefficient (Wildman–Crippen LogP) is 12.1. The lowest BCUT2D eigenvalue weighted by Crippen LogP contribution is -2.38. The third-order valence-electron chi connectivity index (χ3n) is 9.02. The fraction of sp³-hybridized carbons (Fsp3) is 0.619. The Hall–Kier alpha value is -2.72. The van der Waals surface area contributed by atoms with Gasteiger partial charge in [-0.3, -0.25) is 9.59 Å². The summed E-state index contributed by atoms with van der Waals surface area (Å²) >= 11 is 0. The Morgan fingerprint density at radius 1 is 0.674 bits per heavy atom.